The maximum absolute atomic E-state index is 6.16. The van der Waals surface area contributed by atoms with Gasteiger partial charge < -0.3 is 5.73 Å². The maximum Gasteiger partial charge on any atom is 0.168 e. The quantitative estimate of drug-likeness (QED) is 0.794. The Morgan fingerprint density at radius 1 is 1.00 bits per heavy atom. The topological polar surface area (TPSA) is 69.6 Å². The summed E-state index contributed by atoms with van der Waals surface area (Å²) in [6.07, 6.45) is 0.712. The molecule has 5 heteroatoms. The molecule has 0 amide bonds. The number of nitrogens with zero attached hydrogens (tertiary/aromatic N) is 4. The van der Waals surface area contributed by atoms with Gasteiger partial charge in [-0.15, -0.1) is 5.10 Å². The van der Waals surface area contributed by atoms with Crippen LogP contribution in [0.5, 0.6) is 0 Å². The normalized spacial score (nSPS) is 12.3. The highest BCUT2D eigenvalue weighted by atomic mass is 15.5. The van der Waals surface area contributed by atoms with Gasteiger partial charge in [0.25, 0.3) is 0 Å². The molecule has 1 heterocycles. The van der Waals surface area contributed by atoms with Gasteiger partial charge in [0, 0.05) is 7.05 Å². The molecule has 0 radical (unpaired) electrons. The second-order valence-corrected chi connectivity index (χ2v) is 5.03. The van der Waals surface area contributed by atoms with Crippen LogP contribution in [0.2, 0.25) is 0 Å². The number of hydrogen-bond donors (Lipinski definition) is 1. The molecule has 0 aliphatic heterocycles. The maximum atomic E-state index is 6.16. The molecule has 2 aromatic carbocycles. The molecule has 0 unspecified atom stereocenters. The third-order valence-corrected chi connectivity index (χ3v) is 3.50. The lowest BCUT2D eigenvalue weighted by Crippen LogP contribution is -2.18. The van der Waals surface area contributed by atoms with Gasteiger partial charge in [0.1, 0.15) is 0 Å². The van der Waals surface area contributed by atoms with E-state index >= 15 is 0 Å². The standard InChI is InChI=1S/C16H17N5/c1-21-16(18-19-20-21)15(17)11-12-7-9-14(10-8-12)13-5-3-2-4-6-13/h2-10,15H,11,17H2,1H3/t15-/m0/s1. The Labute approximate surface area is 123 Å². The van der Waals surface area contributed by atoms with Crippen LogP contribution in [-0.2, 0) is 13.5 Å². The average Bonchev–Trinajstić information content (AvgIpc) is 2.95. The number of tetrazole rings is 1. The first kappa shape index (κ1) is 13.5. The van der Waals surface area contributed by atoms with Crippen molar-refractivity contribution in [3.05, 3.63) is 66.0 Å². The van der Waals surface area contributed by atoms with Crippen molar-refractivity contribution in [2.75, 3.05) is 0 Å². The van der Waals surface area contributed by atoms with E-state index in [0.717, 1.165) is 0 Å². The highest BCUT2D eigenvalue weighted by Crippen LogP contribution is 2.21. The second-order valence-electron chi connectivity index (χ2n) is 5.03. The van der Waals surface area contributed by atoms with Gasteiger partial charge in [-0.05, 0) is 33.5 Å². The minimum absolute atomic E-state index is 0.201. The largest absolute Gasteiger partial charge is 0.321 e. The molecule has 0 aliphatic rings. The summed E-state index contributed by atoms with van der Waals surface area (Å²) in [4.78, 5) is 0. The first-order valence-electron chi connectivity index (χ1n) is 6.86. The second kappa shape index (κ2) is 5.85. The van der Waals surface area contributed by atoms with Crippen LogP contribution in [0.4, 0.5) is 0 Å². The van der Waals surface area contributed by atoms with Crippen molar-refractivity contribution in [3.63, 3.8) is 0 Å². The van der Waals surface area contributed by atoms with Gasteiger partial charge in [-0.1, -0.05) is 54.6 Å². The zero-order valence-electron chi connectivity index (χ0n) is 11.8. The number of nitrogens with two attached hydrogens (primary N) is 1. The lowest BCUT2D eigenvalue weighted by molar-refractivity contribution is 0.599. The Balaban J connectivity index is 1.75. The van der Waals surface area contributed by atoms with Crippen LogP contribution in [0.15, 0.2) is 54.6 Å². The van der Waals surface area contributed by atoms with Crippen molar-refractivity contribution in [1.82, 2.24) is 20.2 Å². The van der Waals surface area contributed by atoms with Crippen molar-refractivity contribution in [2.24, 2.45) is 12.8 Å². The van der Waals surface area contributed by atoms with Gasteiger partial charge in [0.15, 0.2) is 5.82 Å². The molecule has 0 saturated heterocycles. The number of benzene rings is 2. The zero-order chi connectivity index (χ0) is 14.7. The molecule has 0 bridgehead atoms. The van der Waals surface area contributed by atoms with Crippen LogP contribution < -0.4 is 5.73 Å². The Morgan fingerprint density at radius 3 is 2.29 bits per heavy atom. The Hall–Kier alpha value is -2.53. The molecule has 21 heavy (non-hydrogen) atoms. The molecular weight excluding hydrogens is 262 g/mol. The smallest absolute Gasteiger partial charge is 0.168 e. The van der Waals surface area contributed by atoms with E-state index in [0.29, 0.717) is 12.2 Å². The van der Waals surface area contributed by atoms with E-state index in [4.69, 9.17) is 5.73 Å². The average molecular weight is 279 g/mol. The summed E-state index contributed by atoms with van der Waals surface area (Å²) in [5.41, 5.74) is 9.75. The first-order chi connectivity index (χ1) is 10.2. The predicted octanol–water partition coefficient (Wildman–Crippen LogP) is 2.12. The lowest BCUT2D eigenvalue weighted by Gasteiger charge is -2.10. The number of aromatic nitrogens is 4. The van der Waals surface area contributed by atoms with E-state index in [2.05, 4.69) is 51.9 Å². The SMILES string of the molecule is Cn1nnnc1[C@@H](N)Cc1ccc(-c2ccccc2)cc1. The van der Waals surface area contributed by atoms with Crippen LogP contribution in [0.25, 0.3) is 11.1 Å². The van der Waals surface area contributed by atoms with Crippen molar-refractivity contribution >= 4 is 0 Å². The Bertz CT molecular complexity index is 703. The summed E-state index contributed by atoms with van der Waals surface area (Å²) in [6, 6.07) is 18.5. The summed E-state index contributed by atoms with van der Waals surface area (Å²) in [6.45, 7) is 0. The predicted molar refractivity (Wildman–Crippen MR) is 81.3 cm³/mol. The molecule has 3 rings (SSSR count). The molecule has 3 aromatic rings. The van der Waals surface area contributed by atoms with Crippen molar-refractivity contribution in [3.8, 4) is 11.1 Å². The number of rotatable bonds is 4. The summed E-state index contributed by atoms with van der Waals surface area (Å²) in [7, 11) is 1.80. The summed E-state index contributed by atoms with van der Waals surface area (Å²) in [5.74, 6) is 0.696. The molecule has 0 spiro atoms. The minimum Gasteiger partial charge on any atom is -0.321 e. The summed E-state index contributed by atoms with van der Waals surface area (Å²) >= 11 is 0. The van der Waals surface area contributed by atoms with Crippen LogP contribution >= 0.6 is 0 Å². The molecule has 106 valence electrons. The van der Waals surface area contributed by atoms with E-state index in [1.807, 2.05) is 18.2 Å². The number of aryl methyl sites for hydroxylation is 1. The number of hydrogen-bond acceptors (Lipinski definition) is 4. The van der Waals surface area contributed by atoms with E-state index < -0.39 is 0 Å². The van der Waals surface area contributed by atoms with Crippen LogP contribution in [0.3, 0.4) is 0 Å². The fourth-order valence-electron chi connectivity index (χ4n) is 2.36. The third-order valence-electron chi connectivity index (χ3n) is 3.50. The third kappa shape index (κ3) is 2.98. The summed E-state index contributed by atoms with van der Waals surface area (Å²) in [5, 5.41) is 11.4. The Kier molecular flexibility index (Phi) is 3.75. The highest BCUT2D eigenvalue weighted by Gasteiger charge is 2.13. The molecule has 2 N–H and O–H groups in total. The van der Waals surface area contributed by atoms with E-state index in [-0.39, 0.29) is 6.04 Å². The van der Waals surface area contributed by atoms with Gasteiger partial charge in [0.05, 0.1) is 6.04 Å². The van der Waals surface area contributed by atoms with Crippen molar-refractivity contribution < 1.29 is 0 Å². The molecule has 1 atom stereocenters. The Morgan fingerprint density at radius 2 is 1.67 bits per heavy atom. The van der Waals surface area contributed by atoms with Gasteiger partial charge in [-0.3, -0.25) is 0 Å². The van der Waals surface area contributed by atoms with Gasteiger partial charge >= 0.3 is 0 Å². The molecule has 0 aliphatic carbocycles. The fourth-order valence-corrected chi connectivity index (χ4v) is 2.36. The van der Waals surface area contributed by atoms with Crippen molar-refractivity contribution in [2.45, 2.75) is 12.5 Å². The molecule has 5 nitrogen and oxygen atoms in total. The fraction of sp³-hybridized carbons (Fsp3) is 0.188. The van der Waals surface area contributed by atoms with E-state index in [1.165, 1.54) is 16.7 Å². The zero-order valence-corrected chi connectivity index (χ0v) is 11.8. The van der Waals surface area contributed by atoms with E-state index in [9.17, 15) is 0 Å². The van der Waals surface area contributed by atoms with Crippen molar-refractivity contribution in [1.29, 1.82) is 0 Å². The molecule has 0 saturated carbocycles. The molecule has 1 aromatic heterocycles. The van der Waals surface area contributed by atoms with Crippen LogP contribution in [0, 0.1) is 0 Å². The first-order valence-corrected chi connectivity index (χ1v) is 6.86. The summed E-state index contributed by atoms with van der Waals surface area (Å²) < 4.78 is 1.61. The van der Waals surface area contributed by atoms with Gasteiger partial charge in [0.2, 0.25) is 0 Å². The highest BCUT2D eigenvalue weighted by molar-refractivity contribution is 5.63. The van der Waals surface area contributed by atoms with Crippen LogP contribution in [0.1, 0.15) is 17.4 Å². The molecular formula is C16H17N5. The monoisotopic (exact) mass is 279 g/mol. The lowest BCUT2D eigenvalue weighted by atomic mass is 10.0. The van der Waals surface area contributed by atoms with Crippen LogP contribution in [-0.4, -0.2) is 20.2 Å². The minimum atomic E-state index is -0.201. The molecule has 0 fully saturated rings. The van der Waals surface area contributed by atoms with Gasteiger partial charge in [-0.25, -0.2) is 4.68 Å². The van der Waals surface area contributed by atoms with E-state index in [1.54, 1.807) is 11.7 Å². The van der Waals surface area contributed by atoms with Gasteiger partial charge in [-0.2, -0.15) is 0 Å².